The molecule has 0 aliphatic rings. The molecule has 0 amide bonds. The van der Waals surface area contributed by atoms with Crippen LogP contribution in [0.15, 0.2) is 74.7 Å². The Morgan fingerprint density at radius 2 is 1.68 bits per heavy atom. The number of aromatic amines is 1. The fourth-order valence-electron chi connectivity index (χ4n) is 3.63. The molecule has 0 aliphatic carbocycles. The van der Waals surface area contributed by atoms with Gasteiger partial charge in [-0.1, -0.05) is 18.2 Å². The van der Waals surface area contributed by atoms with Crippen LogP contribution in [0.2, 0.25) is 0 Å². The Hall–Kier alpha value is -4.38. The molecule has 0 saturated carbocycles. The molecular weight excluding hydrogens is 558 g/mol. The number of para-hydroxylation sites is 1. The Labute approximate surface area is 225 Å². The molecule has 0 aliphatic heterocycles. The first-order valence-corrected chi connectivity index (χ1v) is 12.3. The average Bonchev–Trinajstić information content (AvgIpc) is 2.89. The van der Waals surface area contributed by atoms with Crippen molar-refractivity contribution in [3.8, 4) is 28.7 Å². The van der Waals surface area contributed by atoms with E-state index in [1.807, 2.05) is 32.0 Å². The van der Waals surface area contributed by atoms with Gasteiger partial charge in [-0.2, -0.15) is 9.78 Å². The fraction of sp³-hybridized carbons (Fsp3) is 0.185. The van der Waals surface area contributed by atoms with Crippen LogP contribution in [-0.4, -0.2) is 41.1 Å². The van der Waals surface area contributed by atoms with Crippen LogP contribution in [-0.2, 0) is 4.74 Å². The molecule has 0 spiro atoms. The second kappa shape index (κ2) is 11.8. The first kappa shape index (κ1) is 26.7. The van der Waals surface area contributed by atoms with Gasteiger partial charge in [0.1, 0.15) is 36.2 Å². The molecule has 1 N–H and O–H groups in total. The number of carbonyl (C=O) groups excluding carboxylic acids is 1. The zero-order valence-corrected chi connectivity index (χ0v) is 22.4. The van der Waals surface area contributed by atoms with Crippen molar-refractivity contribution in [3.05, 3.63) is 103 Å². The molecule has 10 nitrogen and oxygen atoms in total. The summed E-state index contributed by atoms with van der Waals surface area (Å²) >= 11 is 3.44. The van der Waals surface area contributed by atoms with Gasteiger partial charge in [-0.05, 0) is 83.4 Å². The third-order valence-electron chi connectivity index (χ3n) is 5.38. The SMILES string of the molecule is COc1ccc(Oc2c(C)cc(-n3nc(C(=O)OCCOc4ccccc4)c(=O)[nH]c3=O)cc2C)cc1Br. The molecular formula is C27H24BrN3O7. The first-order chi connectivity index (χ1) is 18.3. The van der Waals surface area contributed by atoms with Crippen LogP contribution in [0.1, 0.15) is 21.6 Å². The van der Waals surface area contributed by atoms with E-state index in [1.165, 1.54) is 0 Å². The van der Waals surface area contributed by atoms with Crippen LogP contribution in [0.3, 0.4) is 0 Å². The van der Waals surface area contributed by atoms with Gasteiger partial charge in [0, 0.05) is 0 Å². The Bertz CT molecular complexity index is 1560. The molecule has 1 aromatic heterocycles. The van der Waals surface area contributed by atoms with Gasteiger partial charge in [0.25, 0.3) is 5.56 Å². The number of methoxy groups -OCH3 is 1. The quantitative estimate of drug-likeness (QED) is 0.229. The summed E-state index contributed by atoms with van der Waals surface area (Å²) in [7, 11) is 1.58. The monoisotopic (exact) mass is 581 g/mol. The highest BCUT2D eigenvalue weighted by atomic mass is 79.9. The van der Waals surface area contributed by atoms with Crippen molar-refractivity contribution < 1.29 is 23.7 Å². The van der Waals surface area contributed by atoms with Crippen molar-refractivity contribution in [3.63, 3.8) is 0 Å². The lowest BCUT2D eigenvalue weighted by atomic mass is 10.1. The minimum Gasteiger partial charge on any atom is -0.496 e. The lowest BCUT2D eigenvalue weighted by molar-refractivity contribution is 0.0438. The number of ether oxygens (including phenoxy) is 4. The number of aromatic nitrogens is 3. The summed E-state index contributed by atoms with van der Waals surface area (Å²) in [5, 5.41) is 3.99. The highest BCUT2D eigenvalue weighted by molar-refractivity contribution is 9.10. The fourth-order valence-corrected chi connectivity index (χ4v) is 4.15. The minimum atomic E-state index is -0.977. The zero-order chi connectivity index (χ0) is 27.2. The Morgan fingerprint density at radius 3 is 2.34 bits per heavy atom. The summed E-state index contributed by atoms with van der Waals surface area (Å²) in [4.78, 5) is 39.5. The summed E-state index contributed by atoms with van der Waals surface area (Å²) in [6.07, 6.45) is 0. The Morgan fingerprint density at radius 1 is 0.974 bits per heavy atom. The highest BCUT2D eigenvalue weighted by Gasteiger charge is 2.19. The lowest BCUT2D eigenvalue weighted by Crippen LogP contribution is -2.36. The number of hydrogen-bond acceptors (Lipinski definition) is 8. The van der Waals surface area contributed by atoms with Gasteiger partial charge < -0.3 is 18.9 Å². The van der Waals surface area contributed by atoms with Gasteiger partial charge >= 0.3 is 11.7 Å². The van der Waals surface area contributed by atoms with E-state index in [0.717, 1.165) is 9.15 Å². The van der Waals surface area contributed by atoms with Crippen molar-refractivity contribution in [2.45, 2.75) is 13.8 Å². The maximum atomic E-state index is 12.6. The predicted octanol–water partition coefficient (Wildman–Crippen LogP) is 4.34. The highest BCUT2D eigenvalue weighted by Crippen LogP contribution is 2.34. The molecule has 0 radical (unpaired) electrons. The van der Waals surface area contributed by atoms with E-state index >= 15 is 0 Å². The van der Waals surface area contributed by atoms with E-state index in [-0.39, 0.29) is 13.2 Å². The normalized spacial score (nSPS) is 10.6. The topological polar surface area (TPSA) is 122 Å². The molecule has 3 aromatic carbocycles. The number of esters is 1. The van der Waals surface area contributed by atoms with Gasteiger partial charge in [-0.15, -0.1) is 0 Å². The van der Waals surface area contributed by atoms with E-state index in [4.69, 9.17) is 18.9 Å². The standard InChI is InChI=1S/C27H24BrN3O7/c1-16-13-18(14-17(2)24(16)38-20-9-10-22(35-3)21(28)15-20)31-27(34)29-25(32)23(30-31)26(33)37-12-11-36-19-7-5-4-6-8-19/h4-10,13-15H,11-12H2,1-3H3,(H,29,32,34). The summed E-state index contributed by atoms with van der Waals surface area (Å²) < 4.78 is 23.6. The maximum absolute atomic E-state index is 12.6. The van der Waals surface area contributed by atoms with Gasteiger partial charge in [0.15, 0.2) is 0 Å². The molecule has 11 heteroatoms. The van der Waals surface area contributed by atoms with Crippen molar-refractivity contribution in [1.82, 2.24) is 14.8 Å². The summed E-state index contributed by atoms with van der Waals surface area (Å²) in [6.45, 7) is 3.59. The summed E-state index contributed by atoms with van der Waals surface area (Å²) in [6, 6.07) is 17.7. The number of aryl methyl sites for hydroxylation is 2. The van der Waals surface area contributed by atoms with Crippen molar-refractivity contribution in [2.75, 3.05) is 20.3 Å². The summed E-state index contributed by atoms with van der Waals surface area (Å²) in [5.74, 6) is 1.47. The van der Waals surface area contributed by atoms with Gasteiger partial charge in [0.05, 0.1) is 17.3 Å². The van der Waals surface area contributed by atoms with E-state index in [1.54, 1.807) is 49.6 Å². The number of halogens is 1. The van der Waals surface area contributed by atoms with Crippen LogP contribution < -0.4 is 25.5 Å². The number of nitrogens with zero attached hydrogens (tertiary/aromatic N) is 2. The number of nitrogens with one attached hydrogen (secondary N) is 1. The van der Waals surface area contributed by atoms with E-state index < -0.39 is 22.9 Å². The third kappa shape index (κ3) is 6.12. The Kier molecular flexibility index (Phi) is 8.27. The van der Waals surface area contributed by atoms with Crippen molar-refractivity contribution >= 4 is 21.9 Å². The van der Waals surface area contributed by atoms with E-state index in [9.17, 15) is 14.4 Å². The minimum absolute atomic E-state index is 0.0813. The molecule has 196 valence electrons. The van der Waals surface area contributed by atoms with Gasteiger partial charge in [-0.3, -0.25) is 9.78 Å². The van der Waals surface area contributed by atoms with Crippen molar-refractivity contribution in [1.29, 1.82) is 0 Å². The van der Waals surface area contributed by atoms with Crippen LogP contribution in [0.5, 0.6) is 23.0 Å². The average molecular weight is 582 g/mol. The number of benzene rings is 3. The van der Waals surface area contributed by atoms with Crippen LogP contribution in [0.25, 0.3) is 5.69 Å². The predicted molar refractivity (Wildman–Crippen MR) is 143 cm³/mol. The Balaban J connectivity index is 1.53. The van der Waals surface area contributed by atoms with Crippen LogP contribution in [0.4, 0.5) is 0 Å². The van der Waals surface area contributed by atoms with Crippen LogP contribution >= 0.6 is 15.9 Å². The summed E-state index contributed by atoms with van der Waals surface area (Å²) in [5.41, 5.74) is -0.554. The maximum Gasteiger partial charge on any atom is 0.364 e. The number of rotatable bonds is 9. The van der Waals surface area contributed by atoms with Crippen molar-refractivity contribution in [2.24, 2.45) is 0 Å². The first-order valence-electron chi connectivity index (χ1n) is 11.5. The van der Waals surface area contributed by atoms with E-state index in [2.05, 4.69) is 26.0 Å². The number of carbonyl (C=O) groups is 1. The van der Waals surface area contributed by atoms with E-state index in [0.29, 0.717) is 39.8 Å². The third-order valence-corrected chi connectivity index (χ3v) is 6.00. The van der Waals surface area contributed by atoms with Gasteiger partial charge in [0.2, 0.25) is 5.69 Å². The number of H-pyrrole nitrogens is 1. The molecule has 0 bridgehead atoms. The molecule has 0 saturated heterocycles. The molecule has 4 rings (SSSR count). The molecule has 0 atom stereocenters. The zero-order valence-electron chi connectivity index (χ0n) is 20.8. The molecule has 0 unspecified atom stereocenters. The van der Waals surface area contributed by atoms with Crippen LogP contribution in [0, 0.1) is 13.8 Å². The van der Waals surface area contributed by atoms with Gasteiger partial charge in [-0.25, -0.2) is 9.59 Å². The largest absolute Gasteiger partial charge is 0.496 e. The molecule has 4 aromatic rings. The molecule has 0 fully saturated rings. The number of hydrogen-bond donors (Lipinski definition) is 1. The molecule has 1 heterocycles. The smallest absolute Gasteiger partial charge is 0.364 e. The second-order valence-electron chi connectivity index (χ2n) is 8.12. The molecule has 38 heavy (non-hydrogen) atoms. The lowest BCUT2D eigenvalue weighted by Gasteiger charge is -2.15. The second-order valence-corrected chi connectivity index (χ2v) is 8.98.